The van der Waals surface area contributed by atoms with Crippen LogP contribution in [0.5, 0.6) is 0 Å². The molecule has 0 spiro atoms. The summed E-state index contributed by atoms with van der Waals surface area (Å²) in [5.41, 5.74) is 1.14. The first-order chi connectivity index (χ1) is 7.90. The van der Waals surface area contributed by atoms with E-state index < -0.39 is 6.09 Å². The van der Waals surface area contributed by atoms with Crippen molar-refractivity contribution < 1.29 is 9.53 Å². The molecule has 0 aliphatic carbocycles. The van der Waals surface area contributed by atoms with Crippen LogP contribution < -0.4 is 5.32 Å². The Bertz CT molecular complexity index is 424. The summed E-state index contributed by atoms with van der Waals surface area (Å²) >= 11 is 0. The number of nitriles is 1. The monoisotopic (exact) mass is 232 g/mol. The maximum atomic E-state index is 11.4. The number of carbonyl (C=O) groups excluding carboxylic acids is 1. The summed E-state index contributed by atoms with van der Waals surface area (Å²) < 4.78 is 5.04. The van der Waals surface area contributed by atoms with Crippen molar-refractivity contribution in [2.24, 2.45) is 0 Å². The topological polar surface area (TPSA) is 62.1 Å². The number of nitrogens with zero attached hydrogens (tertiary/aromatic N) is 1. The maximum Gasteiger partial charge on any atom is 0.407 e. The molecular weight excluding hydrogens is 216 g/mol. The second-order valence-electron chi connectivity index (χ2n) is 4.76. The molecule has 0 fully saturated rings. The largest absolute Gasteiger partial charge is 0.445 e. The Morgan fingerprint density at radius 1 is 1.35 bits per heavy atom. The van der Waals surface area contributed by atoms with Gasteiger partial charge in [0.2, 0.25) is 0 Å². The highest BCUT2D eigenvalue weighted by atomic mass is 16.5. The lowest BCUT2D eigenvalue weighted by molar-refractivity contribution is 0.131. The van der Waals surface area contributed by atoms with E-state index in [1.807, 2.05) is 26.8 Å². The summed E-state index contributed by atoms with van der Waals surface area (Å²) in [6.45, 7) is 5.86. The van der Waals surface area contributed by atoms with E-state index in [9.17, 15) is 4.79 Å². The average molecular weight is 232 g/mol. The van der Waals surface area contributed by atoms with Gasteiger partial charge in [0.25, 0.3) is 0 Å². The highest BCUT2D eigenvalue weighted by Gasteiger charge is 2.14. The lowest BCUT2D eigenvalue weighted by Crippen LogP contribution is -2.40. The highest BCUT2D eigenvalue weighted by Crippen LogP contribution is 2.06. The van der Waals surface area contributed by atoms with Crippen molar-refractivity contribution in [3.8, 4) is 6.07 Å². The van der Waals surface area contributed by atoms with Gasteiger partial charge in [-0.05, 0) is 38.5 Å². The van der Waals surface area contributed by atoms with Gasteiger partial charge in [0.15, 0.2) is 0 Å². The normalized spacial score (nSPS) is 10.5. The van der Waals surface area contributed by atoms with Crippen LogP contribution >= 0.6 is 0 Å². The van der Waals surface area contributed by atoms with E-state index in [4.69, 9.17) is 10.00 Å². The molecule has 0 aliphatic heterocycles. The summed E-state index contributed by atoms with van der Waals surface area (Å²) in [6, 6.07) is 8.95. The van der Waals surface area contributed by atoms with Crippen LogP contribution in [-0.2, 0) is 11.3 Å². The van der Waals surface area contributed by atoms with Gasteiger partial charge in [0.1, 0.15) is 6.61 Å². The lowest BCUT2D eigenvalue weighted by Gasteiger charge is -2.19. The van der Waals surface area contributed by atoms with Gasteiger partial charge in [-0.2, -0.15) is 5.26 Å². The van der Waals surface area contributed by atoms with Gasteiger partial charge in [-0.1, -0.05) is 12.1 Å². The molecule has 90 valence electrons. The Kier molecular flexibility index (Phi) is 4.11. The summed E-state index contributed by atoms with van der Waals surface area (Å²) in [5.74, 6) is 0. The fourth-order valence-corrected chi connectivity index (χ4v) is 1.17. The minimum absolute atomic E-state index is 0.202. The molecule has 1 aromatic carbocycles. The predicted octanol–water partition coefficient (Wildman–Crippen LogP) is 2.58. The van der Waals surface area contributed by atoms with E-state index in [-0.39, 0.29) is 12.1 Å². The third-order valence-electron chi connectivity index (χ3n) is 1.93. The van der Waals surface area contributed by atoms with Crippen LogP contribution in [0.3, 0.4) is 0 Å². The number of hydrogen-bond donors (Lipinski definition) is 1. The lowest BCUT2D eigenvalue weighted by atomic mass is 10.1. The number of amides is 1. The molecule has 0 saturated carbocycles. The molecule has 0 radical (unpaired) electrons. The molecule has 4 nitrogen and oxygen atoms in total. The zero-order valence-corrected chi connectivity index (χ0v) is 10.3. The Morgan fingerprint density at radius 3 is 2.41 bits per heavy atom. The van der Waals surface area contributed by atoms with Crippen molar-refractivity contribution in [3.05, 3.63) is 35.4 Å². The van der Waals surface area contributed by atoms with E-state index in [0.717, 1.165) is 5.56 Å². The molecule has 1 rings (SSSR count). The molecule has 1 amide bonds. The number of benzene rings is 1. The standard InChI is InChI=1S/C13H16N2O2/c1-13(2,3)15-12(16)17-9-11-6-4-10(8-14)5-7-11/h4-7H,9H2,1-3H3,(H,15,16). The van der Waals surface area contributed by atoms with Crippen LogP contribution in [-0.4, -0.2) is 11.6 Å². The molecule has 1 aromatic rings. The van der Waals surface area contributed by atoms with E-state index in [1.165, 1.54) is 0 Å². The smallest absolute Gasteiger partial charge is 0.407 e. The molecule has 17 heavy (non-hydrogen) atoms. The number of nitrogens with one attached hydrogen (secondary N) is 1. The maximum absolute atomic E-state index is 11.4. The van der Waals surface area contributed by atoms with E-state index >= 15 is 0 Å². The van der Waals surface area contributed by atoms with Gasteiger partial charge in [-0.3, -0.25) is 0 Å². The highest BCUT2D eigenvalue weighted by molar-refractivity contribution is 5.68. The van der Waals surface area contributed by atoms with Crippen LogP contribution in [0.1, 0.15) is 31.9 Å². The summed E-state index contributed by atoms with van der Waals surface area (Å²) in [4.78, 5) is 11.4. The van der Waals surface area contributed by atoms with Crippen molar-refractivity contribution >= 4 is 6.09 Å². The molecule has 4 heteroatoms. The van der Waals surface area contributed by atoms with Crippen molar-refractivity contribution in [1.82, 2.24) is 5.32 Å². The van der Waals surface area contributed by atoms with E-state index in [2.05, 4.69) is 5.32 Å². The average Bonchev–Trinajstić information content (AvgIpc) is 2.25. The Labute approximate surface area is 101 Å². The van der Waals surface area contributed by atoms with Crippen LogP contribution in [0, 0.1) is 11.3 Å². The molecule has 0 atom stereocenters. The van der Waals surface area contributed by atoms with Gasteiger partial charge in [0.05, 0.1) is 11.6 Å². The predicted molar refractivity (Wildman–Crippen MR) is 64.2 cm³/mol. The number of ether oxygens (including phenoxy) is 1. The van der Waals surface area contributed by atoms with Crippen molar-refractivity contribution in [3.63, 3.8) is 0 Å². The van der Waals surface area contributed by atoms with Crippen molar-refractivity contribution in [2.75, 3.05) is 0 Å². The third-order valence-corrected chi connectivity index (χ3v) is 1.93. The van der Waals surface area contributed by atoms with Crippen LogP contribution in [0.15, 0.2) is 24.3 Å². The minimum atomic E-state index is -0.443. The van der Waals surface area contributed by atoms with Gasteiger partial charge < -0.3 is 10.1 Å². The first-order valence-electron chi connectivity index (χ1n) is 5.35. The second kappa shape index (κ2) is 5.35. The molecular formula is C13H16N2O2. The van der Waals surface area contributed by atoms with Gasteiger partial charge in [-0.15, -0.1) is 0 Å². The first kappa shape index (κ1) is 13.0. The molecule has 0 aromatic heterocycles. The third kappa shape index (κ3) is 5.03. The minimum Gasteiger partial charge on any atom is -0.445 e. The number of alkyl carbamates (subject to hydrolysis) is 1. The number of carbonyl (C=O) groups is 1. The van der Waals surface area contributed by atoms with E-state index in [0.29, 0.717) is 5.56 Å². The number of rotatable bonds is 2. The fourth-order valence-electron chi connectivity index (χ4n) is 1.17. The molecule has 0 heterocycles. The SMILES string of the molecule is CC(C)(C)NC(=O)OCc1ccc(C#N)cc1. The van der Waals surface area contributed by atoms with Crippen LogP contribution in [0.25, 0.3) is 0 Å². The molecule has 0 bridgehead atoms. The van der Waals surface area contributed by atoms with Crippen molar-refractivity contribution in [1.29, 1.82) is 5.26 Å². The van der Waals surface area contributed by atoms with Gasteiger partial charge in [-0.25, -0.2) is 4.79 Å². The summed E-state index contributed by atoms with van der Waals surface area (Å²) in [6.07, 6.45) is -0.443. The van der Waals surface area contributed by atoms with Crippen LogP contribution in [0.2, 0.25) is 0 Å². The fraction of sp³-hybridized carbons (Fsp3) is 0.385. The molecule has 0 unspecified atom stereocenters. The molecule has 1 N–H and O–H groups in total. The van der Waals surface area contributed by atoms with Gasteiger partial charge in [0, 0.05) is 5.54 Å². The van der Waals surface area contributed by atoms with Crippen LogP contribution in [0.4, 0.5) is 4.79 Å². The molecule has 0 saturated heterocycles. The Morgan fingerprint density at radius 2 is 1.94 bits per heavy atom. The molecule has 0 aliphatic rings. The zero-order valence-electron chi connectivity index (χ0n) is 10.3. The van der Waals surface area contributed by atoms with E-state index in [1.54, 1.807) is 24.3 Å². The summed E-state index contributed by atoms with van der Waals surface area (Å²) in [7, 11) is 0. The first-order valence-corrected chi connectivity index (χ1v) is 5.35. The Balaban J connectivity index is 2.45. The van der Waals surface area contributed by atoms with Crippen molar-refractivity contribution in [2.45, 2.75) is 32.9 Å². The number of hydrogen-bond acceptors (Lipinski definition) is 3. The second-order valence-corrected chi connectivity index (χ2v) is 4.76. The zero-order chi connectivity index (χ0) is 12.9. The quantitative estimate of drug-likeness (QED) is 0.852. The van der Waals surface area contributed by atoms with Gasteiger partial charge >= 0.3 is 6.09 Å². The Hall–Kier alpha value is -2.02. The summed E-state index contributed by atoms with van der Waals surface area (Å²) in [5, 5.41) is 11.3.